The smallest absolute Gasteiger partial charge is 0.0291 e. The highest BCUT2D eigenvalue weighted by atomic mass is 15.2. The number of aryl methyl sites for hydroxylation is 1. The molecular weight excluding hydrogens is 266 g/mol. The summed E-state index contributed by atoms with van der Waals surface area (Å²) < 4.78 is 0. The lowest BCUT2D eigenvalue weighted by atomic mass is 9.94. The van der Waals surface area contributed by atoms with Crippen LogP contribution in [-0.4, -0.2) is 17.0 Å². The molecule has 1 heteroatoms. The predicted octanol–water partition coefficient (Wildman–Crippen LogP) is 4.82. The second-order valence-electron chi connectivity index (χ2n) is 6.72. The Kier molecular flexibility index (Phi) is 3.59. The van der Waals surface area contributed by atoms with Crippen LogP contribution in [0.5, 0.6) is 0 Å². The van der Waals surface area contributed by atoms with Crippen LogP contribution in [0.25, 0.3) is 5.57 Å². The lowest BCUT2D eigenvalue weighted by molar-refractivity contribution is 0.203. The summed E-state index contributed by atoms with van der Waals surface area (Å²) in [5.74, 6) is 0. The van der Waals surface area contributed by atoms with E-state index in [1.54, 1.807) is 5.57 Å². The van der Waals surface area contributed by atoms with E-state index in [-0.39, 0.29) is 0 Å². The molecular formula is C21H23N. The van der Waals surface area contributed by atoms with Crippen LogP contribution in [-0.2, 0) is 6.54 Å². The number of benzene rings is 2. The largest absolute Gasteiger partial charge is 0.289 e. The highest BCUT2D eigenvalue weighted by molar-refractivity contribution is 5.68. The lowest BCUT2D eigenvalue weighted by Gasteiger charge is -2.34. The third kappa shape index (κ3) is 2.62. The van der Waals surface area contributed by atoms with E-state index >= 15 is 0 Å². The third-order valence-electron chi connectivity index (χ3n) is 5.17. The van der Waals surface area contributed by atoms with E-state index in [0.29, 0.717) is 12.1 Å². The number of rotatable bonds is 3. The van der Waals surface area contributed by atoms with Crippen LogP contribution in [0.15, 0.2) is 60.7 Å². The van der Waals surface area contributed by atoms with Crippen LogP contribution in [0.1, 0.15) is 36.0 Å². The Balaban J connectivity index is 1.56. The number of hydrogen-bond acceptors (Lipinski definition) is 1. The fourth-order valence-corrected chi connectivity index (χ4v) is 3.94. The molecule has 2 aromatic rings. The molecule has 112 valence electrons. The topological polar surface area (TPSA) is 3.24 Å². The van der Waals surface area contributed by atoms with Gasteiger partial charge in [-0.15, -0.1) is 0 Å². The molecule has 0 N–H and O–H groups in total. The second-order valence-corrected chi connectivity index (χ2v) is 6.72. The van der Waals surface area contributed by atoms with Crippen LogP contribution in [0.3, 0.4) is 0 Å². The first-order chi connectivity index (χ1) is 10.8. The zero-order valence-corrected chi connectivity index (χ0v) is 13.2. The summed E-state index contributed by atoms with van der Waals surface area (Å²) in [4.78, 5) is 2.70. The Hall–Kier alpha value is -1.86. The second kappa shape index (κ2) is 5.73. The maximum atomic E-state index is 2.70. The molecule has 1 fully saturated rings. The molecule has 4 rings (SSSR count). The van der Waals surface area contributed by atoms with Gasteiger partial charge in [0.1, 0.15) is 0 Å². The van der Waals surface area contributed by atoms with Gasteiger partial charge < -0.3 is 0 Å². The zero-order valence-electron chi connectivity index (χ0n) is 13.2. The summed E-state index contributed by atoms with van der Waals surface area (Å²) in [5.41, 5.74) is 5.75. The van der Waals surface area contributed by atoms with E-state index in [2.05, 4.69) is 72.5 Å². The molecule has 2 aliphatic rings. The quantitative estimate of drug-likeness (QED) is 0.783. The molecule has 2 heterocycles. The minimum atomic E-state index is 0.621. The van der Waals surface area contributed by atoms with Gasteiger partial charge in [-0.25, -0.2) is 0 Å². The average molecular weight is 289 g/mol. The van der Waals surface area contributed by atoms with Crippen LogP contribution < -0.4 is 0 Å². The summed E-state index contributed by atoms with van der Waals surface area (Å²) in [6.07, 6.45) is 6.37. The Morgan fingerprint density at radius 2 is 1.73 bits per heavy atom. The Bertz CT molecular complexity index is 669. The molecule has 0 radical (unpaired) electrons. The average Bonchev–Trinajstić information content (AvgIpc) is 2.79. The van der Waals surface area contributed by atoms with E-state index in [4.69, 9.17) is 0 Å². The Morgan fingerprint density at radius 1 is 0.955 bits per heavy atom. The Morgan fingerprint density at radius 3 is 2.45 bits per heavy atom. The van der Waals surface area contributed by atoms with E-state index in [1.807, 2.05) is 0 Å². The maximum Gasteiger partial charge on any atom is 0.0291 e. The van der Waals surface area contributed by atoms with E-state index < -0.39 is 0 Å². The van der Waals surface area contributed by atoms with Gasteiger partial charge in [0.2, 0.25) is 0 Å². The van der Waals surface area contributed by atoms with Crippen LogP contribution in [0, 0.1) is 6.92 Å². The highest BCUT2D eigenvalue weighted by Crippen LogP contribution is 2.39. The molecule has 0 unspecified atom stereocenters. The van der Waals surface area contributed by atoms with E-state index in [0.717, 1.165) is 6.54 Å². The molecule has 2 bridgehead atoms. The van der Waals surface area contributed by atoms with E-state index in [9.17, 15) is 0 Å². The van der Waals surface area contributed by atoms with Crippen LogP contribution >= 0.6 is 0 Å². The minimum Gasteiger partial charge on any atom is -0.289 e. The molecule has 2 aliphatic heterocycles. The first-order valence-corrected chi connectivity index (χ1v) is 8.37. The molecule has 0 aliphatic carbocycles. The molecule has 0 amide bonds. The van der Waals surface area contributed by atoms with Gasteiger partial charge in [0.15, 0.2) is 0 Å². The summed E-state index contributed by atoms with van der Waals surface area (Å²) >= 11 is 0. The maximum absolute atomic E-state index is 2.70. The van der Waals surface area contributed by atoms with Gasteiger partial charge in [0, 0.05) is 18.6 Å². The van der Waals surface area contributed by atoms with Crippen molar-refractivity contribution in [2.75, 3.05) is 0 Å². The van der Waals surface area contributed by atoms with Crippen molar-refractivity contribution in [1.82, 2.24) is 4.90 Å². The van der Waals surface area contributed by atoms with Crippen molar-refractivity contribution < 1.29 is 0 Å². The minimum absolute atomic E-state index is 0.621. The van der Waals surface area contributed by atoms with Gasteiger partial charge >= 0.3 is 0 Å². The third-order valence-corrected chi connectivity index (χ3v) is 5.17. The summed E-state index contributed by atoms with van der Waals surface area (Å²) in [7, 11) is 0. The highest BCUT2D eigenvalue weighted by Gasteiger charge is 2.36. The van der Waals surface area contributed by atoms with Gasteiger partial charge in [-0.1, -0.05) is 66.2 Å². The molecule has 2 aromatic carbocycles. The van der Waals surface area contributed by atoms with Gasteiger partial charge in [0.25, 0.3) is 0 Å². The molecule has 0 saturated carbocycles. The zero-order chi connectivity index (χ0) is 14.9. The fourth-order valence-electron chi connectivity index (χ4n) is 3.94. The van der Waals surface area contributed by atoms with Crippen molar-refractivity contribution >= 4 is 5.57 Å². The number of hydrogen-bond donors (Lipinski definition) is 0. The van der Waals surface area contributed by atoms with Crippen LogP contribution in [0.4, 0.5) is 0 Å². The molecule has 0 spiro atoms. The van der Waals surface area contributed by atoms with Gasteiger partial charge in [-0.3, -0.25) is 4.90 Å². The lowest BCUT2D eigenvalue weighted by Crippen LogP contribution is -2.37. The van der Waals surface area contributed by atoms with Crippen molar-refractivity contribution in [3.05, 3.63) is 77.4 Å². The van der Waals surface area contributed by atoms with Crippen LogP contribution in [0.2, 0.25) is 0 Å². The number of fused-ring (bicyclic) bond motifs is 2. The first-order valence-electron chi connectivity index (χ1n) is 8.37. The molecule has 2 atom stereocenters. The van der Waals surface area contributed by atoms with Crippen molar-refractivity contribution in [2.45, 2.75) is 44.8 Å². The SMILES string of the molecule is Cc1ccc(C2=C[C@@H]3CC[C@H](C2)N3Cc2ccccc2)cc1. The standard InChI is InChI=1S/C21H23N/c1-16-7-9-18(10-8-16)19-13-20-11-12-21(14-19)22(20)15-17-5-3-2-4-6-17/h2-10,13,20-21H,11-12,14-15H2,1H3/t20-,21+/m0/s1. The number of nitrogens with zero attached hydrogens (tertiary/aromatic N) is 1. The monoisotopic (exact) mass is 289 g/mol. The van der Waals surface area contributed by atoms with Crippen molar-refractivity contribution in [1.29, 1.82) is 0 Å². The van der Waals surface area contributed by atoms with Gasteiger partial charge in [-0.05, 0) is 42.9 Å². The normalized spacial score (nSPS) is 24.3. The van der Waals surface area contributed by atoms with Gasteiger partial charge in [0.05, 0.1) is 0 Å². The Labute approximate surface area is 133 Å². The molecule has 1 nitrogen and oxygen atoms in total. The van der Waals surface area contributed by atoms with Crippen molar-refractivity contribution in [3.8, 4) is 0 Å². The van der Waals surface area contributed by atoms with Crippen molar-refractivity contribution in [3.63, 3.8) is 0 Å². The summed E-state index contributed by atoms with van der Waals surface area (Å²) in [6.45, 7) is 3.25. The fraction of sp³-hybridized carbons (Fsp3) is 0.333. The van der Waals surface area contributed by atoms with Crippen molar-refractivity contribution in [2.24, 2.45) is 0 Å². The summed E-state index contributed by atoms with van der Waals surface area (Å²) in [6, 6.07) is 21.3. The molecule has 22 heavy (non-hydrogen) atoms. The molecule has 1 saturated heterocycles. The van der Waals surface area contributed by atoms with E-state index in [1.165, 1.54) is 36.0 Å². The van der Waals surface area contributed by atoms with Gasteiger partial charge in [-0.2, -0.15) is 0 Å². The predicted molar refractivity (Wildman–Crippen MR) is 92.6 cm³/mol. The first kappa shape index (κ1) is 13.8. The summed E-state index contributed by atoms with van der Waals surface area (Å²) in [5, 5.41) is 0. The molecule has 0 aromatic heterocycles.